The van der Waals surface area contributed by atoms with Crippen molar-refractivity contribution >= 4 is 18.0 Å². The van der Waals surface area contributed by atoms with E-state index in [2.05, 4.69) is 63.6 Å². The first-order chi connectivity index (χ1) is 10.9. The van der Waals surface area contributed by atoms with Gasteiger partial charge in [0.15, 0.2) is 0 Å². The van der Waals surface area contributed by atoms with Gasteiger partial charge in [0.2, 0.25) is 0 Å². The SMILES string of the molecule is C(=C\c1ccccc1)/C=N/N1CCN(c2ccccc2)CC1. The van der Waals surface area contributed by atoms with Crippen molar-refractivity contribution in [1.82, 2.24) is 5.01 Å². The fourth-order valence-electron chi connectivity index (χ4n) is 2.56. The van der Waals surface area contributed by atoms with Crippen LogP contribution in [0.1, 0.15) is 5.56 Å². The van der Waals surface area contributed by atoms with Crippen molar-refractivity contribution in [3.05, 3.63) is 72.3 Å². The zero-order valence-corrected chi connectivity index (χ0v) is 12.7. The number of rotatable bonds is 4. The lowest BCUT2D eigenvalue weighted by molar-refractivity contribution is 0.272. The van der Waals surface area contributed by atoms with Gasteiger partial charge < -0.3 is 4.90 Å². The van der Waals surface area contributed by atoms with Crippen LogP contribution >= 0.6 is 0 Å². The molecule has 0 bridgehead atoms. The van der Waals surface area contributed by atoms with Gasteiger partial charge in [0, 0.05) is 25.0 Å². The highest BCUT2D eigenvalue weighted by molar-refractivity contribution is 5.77. The molecule has 0 amide bonds. The first-order valence-corrected chi connectivity index (χ1v) is 7.72. The number of benzene rings is 2. The van der Waals surface area contributed by atoms with Crippen LogP contribution in [0, 0.1) is 0 Å². The zero-order valence-electron chi connectivity index (χ0n) is 12.7. The van der Waals surface area contributed by atoms with Crippen LogP contribution in [0.15, 0.2) is 71.8 Å². The van der Waals surface area contributed by atoms with Crippen LogP contribution in [0.25, 0.3) is 6.08 Å². The van der Waals surface area contributed by atoms with E-state index in [1.54, 1.807) is 0 Å². The van der Waals surface area contributed by atoms with Crippen LogP contribution < -0.4 is 4.90 Å². The first-order valence-electron chi connectivity index (χ1n) is 7.72. The Labute approximate surface area is 132 Å². The lowest BCUT2D eigenvalue weighted by atomic mass is 10.2. The molecule has 3 heteroatoms. The Balaban J connectivity index is 1.48. The third kappa shape index (κ3) is 3.98. The van der Waals surface area contributed by atoms with E-state index in [0.717, 1.165) is 26.2 Å². The highest BCUT2D eigenvalue weighted by Crippen LogP contribution is 2.15. The quantitative estimate of drug-likeness (QED) is 0.803. The number of nitrogens with zero attached hydrogens (tertiary/aromatic N) is 3. The summed E-state index contributed by atoms with van der Waals surface area (Å²) in [7, 11) is 0. The normalized spacial score (nSPS) is 15.8. The Kier molecular flexibility index (Phi) is 4.88. The molecule has 0 unspecified atom stereocenters. The maximum Gasteiger partial charge on any atom is 0.0536 e. The maximum atomic E-state index is 4.52. The number of hydrogen-bond donors (Lipinski definition) is 0. The molecular weight excluding hydrogens is 270 g/mol. The minimum atomic E-state index is 0.963. The molecule has 0 atom stereocenters. The second kappa shape index (κ2) is 7.46. The molecule has 1 aliphatic heterocycles. The Hall–Kier alpha value is -2.55. The highest BCUT2D eigenvalue weighted by Gasteiger charge is 2.14. The summed E-state index contributed by atoms with van der Waals surface area (Å²) in [6.45, 7) is 3.96. The van der Waals surface area contributed by atoms with E-state index < -0.39 is 0 Å². The fraction of sp³-hybridized carbons (Fsp3) is 0.211. The van der Waals surface area contributed by atoms with E-state index in [9.17, 15) is 0 Å². The second-order valence-electron chi connectivity index (χ2n) is 5.31. The third-order valence-electron chi connectivity index (χ3n) is 3.78. The summed E-state index contributed by atoms with van der Waals surface area (Å²) in [4.78, 5) is 2.41. The molecule has 0 saturated carbocycles. The predicted molar refractivity (Wildman–Crippen MR) is 94.2 cm³/mol. The van der Waals surface area contributed by atoms with Gasteiger partial charge >= 0.3 is 0 Å². The Bertz CT molecular complexity index is 612. The molecular formula is C19H21N3. The van der Waals surface area contributed by atoms with Crippen molar-refractivity contribution in [1.29, 1.82) is 0 Å². The van der Waals surface area contributed by atoms with E-state index in [-0.39, 0.29) is 0 Å². The van der Waals surface area contributed by atoms with Crippen molar-refractivity contribution in [3.63, 3.8) is 0 Å². The van der Waals surface area contributed by atoms with Crippen LogP contribution in [-0.2, 0) is 0 Å². The maximum absolute atomic E-state index is 4.52. The molecule has 2 aromatic rings. The average Bonchev–Trinajstić information content (AvgIpc) is 2.61. The lowest BCUT2D eigenvalue weighted by Gasteiger charge is -2.34. The monoisotopic (exact) mass is 291 g/mol. The van der Waals surface area contributed by atoms with Crippen LogP contribution in [0.2, 0.25) is 0 Å². The van der Waals surface area contributed by atoms with Crippen LogP contribution in [0.3, 0.4) is 0 Å². The summed E-state index contributed by atoms with van der Waals surface area (Å²) in [5.41, 5.74) is 2.50. The van der Waals surface area contributed by atoms with Gasteiger partial charge in [-0.2, -0.15) is 5.10 Å². The van der Waals surface area contributed by atoms with Gasteiger partial charge in [-0.15, -0.1) is 0 Å². The van der Waals surface area contributed by atoms with Gasteiger partial charge in [0.1, 0.15) is 0 Å². The molecule has 1 fully saturated rings. The molecule has 3 rings (SSSR count). The Morgan fingerprint density at radius 2 is 1.41 bits per heavy atom. The summed E-state index contributed by atoms with van der Waals surface area (Å²) in [6, 6.07) is 20.9. The van der Waals surface area contributed by atoms with Crippen molar-refractivity contribution in [3.8, 4) is 0 Å². The Morgan fingerprint density at radius 3 is 2.09 bits per heavy atom. The highest BCUT2D eigenvalue weighted by atomic mass is 15.5. The third-order valence-corrected chi connectivity index (χ3v) is 3.78. The number of hydrazone groups is 1. The van der Waals surface area contributed by atoms with Crippen LogP contribution in [-0.4, -0.2) is 37.4 Å². The molecule has 0 aliphatic carbocycles. The second-order valence-corrected chi connectivity index (χ2v) is 5.31. The number of allylic oxidation sites excluding steroid dienone is 1. The molecule has 0 N–H and O–H groups in total. The van der Waals surface area contributed by atoms with Crippen molar-refractivity contribution in [2.45, 2.75) is 0 Å². The van der Waals surface area contributed by atoms with Gasteiger partial charge in [0.05, 0.1) is 13.1 Å². The molecule has 1 saturated heterocycles. The fourth-order valence-corrected chi connectivity index (χ4v) is 2.56. The van der Waals surface area contributed by atoms with Gasteiger partial charge in [-0.3, -0.25) is 5.01 Å². The van der Waals surface area contributed by atoms with Gasteiger partial charge in [-0.05, 0) is 23.8 Å². The minimum absolute atomic E-state index is 0.963. The summed E-state index contributed by atoms with van der Waals surface area (Å²) < 4.78 is 0. The molecule has 22 heavy (non-hydrogen) atoms. The summed E-state index contributed by atoms with van der Waals surface area (Å²) >= 11 is 0. The number of hydrogen-bond acceptors (Lipinski definition) is 3. The topological polar surface area (TPSA) is 18.8 Å². The van der Waals surface area contributed by atoms with E-state index in [4.69, 9.17) is 0 Å². The van der Waals surface area contributed by atoms with E-state index in [0.29, 0.717) is 0 Å². The molecule has 0 aromatic heterocycles. The van der Waals surface area contributed by atoms with Crippen LogP contribution in [0.5, 0.6) is 0 Å². The molecule has 112 valence electrons. The summed E-state index contributed by atoms with van der Waals surface area (Å²) in [5.74, 6) is 0. The lowest BCUT2D eigenvalue weighted by Crippen LogP contribution is -2.44. The molecule has 2 aromatic carbocycles. The zero-order chi connectivity index (χ0) is 15.0. The number of piperazine rings is 1. The smallest absolute Gasteiger partial charge is 0.0536 e. The van der Waals surface area contributed by atoms with E-state index in [1.807, 2.05) is 30.5 Å². The molecule has 0 spiro atoms. The number of anilines is 1. The van der Waals surface area contributed by atoms with Crippen molar-refractivity contribution in [2.75, 3.05) is 31.1 Å². The minimum Gasteiger partial charge on any atom is -0.368 e. The van der Waals surface area contributed by atoms with E-state index in [1.165, 1.54) is 11.3 Å². The molecule has 1 aliphatic rings. The molecule has 1 heterocycles. The standard InChI is InChI=1S/C19H21N3/c1-3-8-18(9-4-1)10-7-13-20-22-16-14-21(15-17-22)19-11-5-2-6-12-19/h1-13H,14-17H2/b10-7+,20-13+. The first kappa shape index (κ1) is 14.4. The molecule has 3 nitrogen and oxygen atoms in total. The van der Waals surface area contributed by atoms with Gasteiger partial charge in [-0.1, -0.05) is 54.6 Å². The summed E-state index contributed by atoms with van der Waals surface area (Å²) in [6.07, 6.45) is 5.95. The van der Waals surface area contributed by atoms with Gasteiger partial charge in [-0.25, -0.2) is 0 Å². The van der Waals surface area contributed by atoms with Gasteiger partial charge in [0.25, 0.3) is 0 Å². The predicted octanol–water partition coefficient (Wildman–Crippen LogP) is 3.51. The van der Waals surface area contributed by atoms with Crippen molar-refractivity contribution < 1.29 is 0 Å². The summed E-state index contributed by atoms with van der Waals surface area (Å²) in [5, 5.41) is 6.65. The van der Waals surface area contributed by atoms with Crippen molar-refractivity contribution in [2.24, 2.45) is 5.10 Å². The molecule has 0 radical (unpaired) electrons. The Morgan fingerprint density at radius 1 is 0.773 bits per heavy atom. The number of para-hydroxylation sites is 1. The largest absolute Gasteiger partial charge is 0.368 e. The van der Waals surface area contributed by atoms with E-state index >= 15 is 0 Å². The van der Waals surface area contributed by atoms with Crippen LogP contribution in [0.4, 0.5) is 5.69 Å². The average molecular weight is 291 g/mol.